The summed E-state index contributed by atoms with van der Waals surface area (Å²) in [5.74, 6) is 0.410. The summed E-state index contributed by atoms with van der Waals surface area (Å²) in [5.41, 5.74) is 1.19. The lowest BCUT2D eigenvalue weighted by molar-refractivity contribution is -0.160. The van der Waals surface area contributed by atoms with Gasteiger partial charge in [-0.25, -0.2) is 0 Å². The van der Waals surface area contributed by atoms with E-state index in [0.29, 0.717) is 12.3 Å². The quantitative estimate of drug-likeness (QED) is 0.404. The number of fused-ring (bicyclic) bond motifs is 1. The van der Waals surface area contributed by atoms with Crippen LogP contribution in [-0.2, 0) is 14.0 Å². The van der Waals surface area contributed by atoms with E-state index in [2.05, 4.69) is 65.9 Å². The average Bonchev–Trinajstić information content (AvgIpc) is 2.65. The number of carbonyl (C=O) groups excluding carboxylic acids is 1. The van der Waals surface area contributed by atoms with E-state index < -0.39 is 20.5 Å². The molecule has 1 heterocycles. The fourth-order valence-electron chi connectivity index (χ4n) is 5.92. The Morgan fingerprint density at radius 3 is 2.48 bits per heavy atom. The summed E-state index contributed by atoms with van der Waals surface area (Å²) < 4.78 is 12.3. The van der Waals surface area contributed by atoms with Crippen molar-refractivity contribution in [2.45, 2.75) is 110 Å². The highest BCUT2D eigenvalue weighted by Gasteiger charge is 2.46. The van der Waals surface area contributed by atoms with Crippen LogP contribution in [0.3, 0.4) is 0 Å². The van der Waals surface area contributed by atoms with Gasteiger partial charge in [-0.1, -0.05) is 52.8 Å². The van der Waals surface area contributed by atoms with Crippen molar-refractivity contribution in [2.24, 2.45) is 29.6 Å². The molecular formula is C27H46O5Si. The molecule has 5 nitrogen and oxygen atoms in total. The first-order valence-corrected chi connectivity index (χ1v) is 15.8. The van der Waals surface area contributed by atoms with Crippen LogP contribution < -0.4 is 0 Å². The summed E-state index contributed by atoms with van der Waals surface area (Å²) >= 11 is 0. The number of ether oxygens (including phenoxy) is 1. The standard InChI is InChI=1S/C27H46O5Si/c1-16-9-10-19-13-17(2)24(18(3)28)26(30)25(19)22(16)12-11-20-14-21(15-23(29)31-20)32-33(7,8)27(4,5)6/h9-10,13,16-18,20-22,24-26,28,30H,11-12,14-15H2,1-8H3/t16-,17-,18-,20+,21+,22-,24-,25-,26-/m0/s1. The minimum absolute atomic E-state index is 0.0133. The van der Waals surface area contributed by atoms with Crippen LogP contribution in [0.5, 0.6) is 0 Å². The van der Waals surface area contributed by atoms with E-state index in [1.165, 1.54) is 5.57 Å². The summed E-state index contributed by atoms with van der Waals surface area (Å²) in [5, 5.41) is 21.7. The Labute approximate surface area is 201 Å². The van der Waals surface area contributed by atoms with Crippen LogP contribution in [0.25, 0.3) is 0 Å². The molecule has 0 spiro atoms. The highest BCUT2D eigenvalue weighted by atomic mass is 28.4. The number of rotatable bonds is 6. The predicted molar refractivity (Wildman–Crippen MR) is 134 cm³/mol. The molecule has 9 atom stereocenters. The van der Waals surface area contributed by atoms with Crippen LogP contribution in [0.2, 0.25) is 18.1 Å². The zero-order chi connectivity index (χ0) is 24.7. The summed E-state index contributed by atoms with van der Waals surface area (Å²) in [7, 11) is -1.96. The van der Waals surface area contributed by atoms with Gasteiger partial charge in [-0.15, -0.1) is 0 Å². The van der Waals surface area contributed by atoms with E-state index in [9.17, 15) is 15.0 Å². The summed E-state index contributed by atoms with van der Waals surface area (Å²) in [6.45, 7) is 17.2. The molecule has 0 aromatic rings. The van der Waals surface area contributed by atoms with Crippen LogP contribution in [0.1, 0.15) is 67.2 Å². The van der Waals surface area contributed by atoms with Gasteiger partial charge in [-0.2, -0.15) is 0 Å². The van der Waals surface area contributed by atoms with Gasteiger partial charge in [-0.3, -0.25) is 4.79 Å². The number of esters is 1. The average molecular weight is 479 g/mol. The van der Waals surface area contributed by atoms with Crippen molar-refractivity contribution in [3.8, 4) is 0 Å². The first-order valence-electron chi connectivity index (χ1n) is 12.8. The molecule has 0 aromatic heterocycles. The van der Waals surface area contributed by atoms with Gasteiger partial charge in [0.25, 0.3) is 0 Å². The van der Waals surface area contributed by atoms with Crippen molar-refractivity contribution in [1.29, 1.82) is 0 Å². The second-order valence-electron chi connectivity index (χ2n) is 12.4. The predicted octanol–water partition coefficient (Wildman–Crippen LogP) is 5.23. The molecule has 0 amide bonds. The van der Waals surface area contributed by atoms with Crippen molar-refractivity contribution < 1.29 is 24.2 Å². The minimum Gasteiger partial charge on any atom is -0.462 e. The molecule has 3 rings (SSSR count). The topological polar surface area (TPSA) is 76.0 Å². The fraction of sp³-hybridized carbons (Fsp3) is 0.815. The molecule has 0 unspecified atom stereocenters. The number of carbonyl (C=O) groups is 1. The Bertz CT molecular complexity index is 765. The third-order valence-corrected chi connectivity index (χ3v) is 13.3. The Morgan fingerprint density at radius 1 is 1.21 bits per heavy atom. The van der Waals surface area contributed by atoms with Crippen molar-refractivity contribution in [3.05, 3.63) is 23.8 Å². The molecule has 2 N–H and O–H groups in total. The van der Waals surface area contributed by atoms with Gasteiger partial charge < -0.3 is 19.4 Å². The van der Waals surface area contributed by atoms with Crippen LogP contribution in [0.4, 0.5) is 0 Å². The van der Waals surface area contributed by atoms with Gasteiger partial charge in [0, 0.05) is 18.3 Å². The summed E-state index contributed by atoms with van der Waals surface area (Å²) in [6, 6.07) is 0. The third-order valence-electron chi connectivity index (χ3n) is 8.80. The maximum Gasteiger partial charge on any atom is 0.308 e. The molecule has 0 aromatic carbocycles. The van der Waals surface area contributed by atoms with E-state index in [1.807, 2.05) is 0 Å². The maximum atomic E-state index is 12.4. The second-order valence-corrected chi connectivity index (χ2v) is 17.1. The van der Waals surface area contributed by atoms with Gasteiger partial charge in [0.05, 0.1) is 24.7 Å². The molecule has 188 valence electrons. The van der Waals surface area contributed by atoms with Gasteiger partial charge in [0.1, 0.15) is 6.10 Å². The Hall–Kier alpha value is -0.953. The highest BCUT2D eigenvalue weighted by molar-refractivity contribution is 6.74. The number of hydrogen-bond donors (Lipinski definition) is 2. The van der Waals surface area contributed by atoms with E-state index in [0.717, 1.165) is 19.3 Å². The monoisotopic (exact) mass is 478 g/mol. The number of aliphatic hydroxyl groups is 2. The van der Waals surface area contributed by atoms with Crippen LogP contribution >= 0.6 is 0 Å². The maximum absolute atomic E-state index is 12.4. The second kappa shape index (κ2) is 9.96. The zero-order valence-corrected chi connectivity index (χ0v) is 22.9. The molecule has 1 fully saturated rings. The zero-order valence-electron chi connectivity index (χ0n) is 21.9. The lowest BCUT2D eigenvalue weighted by atomic mass is 9.61. The lowest BCUT2D eigenvalue weighted by Gasteiger charge is -2.46. The molecule has 2 aliphatic carbocycles. The van der Waals surface area contributed by atoms with Crippen molar-refractivity contribution in [2.75, 3.05) is 0 Å². The van der Waals surface area contributed by atoms with E-state index in [-0.39, 0.29) is 46.9 Å². The van der Waals surface area contributed by atoms with Gasteiger partial charge in [0.2, 0.25) is 0 Å². The number of aliphatic hydroxyl groups excluding tert-OH is 2. The fourth-order valence-corrected chi connectivity index (χ4v) is 7.29. The Kier molecular flexibility index (Phi) is 8.04. The Balaban J connectivity index is 1.69. The highest BCUT2D eigenvalue weighted by Crippen LogP contribution is 2.47. The first kappa shape index (κ1) is 26.6. The van der Waals surface area contributed by atoms with Crippen molar-refractivity contribution in [1.82, 2.24) is 0 Å². The normalized spacial score (nSPS) is 38.4. The molecular weight excluding hydrogens is 432 g/mol. The van der Waals surface area contributed by atoms with Crippen molar-refractivity contribution >= 4 is 14.3 Å². The van der Waals surface area contributed by atoms with Crippen LogP contribution in [-0.4, -0.2) is 48.9 Å². The van der Waals surface area contributed by atoms with Gasteiger partial charge in [0.15, 0.2) is 8.32 Å². The Morgan fingerprint density at radius 2 is 1.88 bits per heavy atom. The third kappa shape index (κ3) is 5.83. The molecule has 0 bridgehead atoms. The summed E-state index contributed by atoms with van der Waals surface area (Å²) in [6.07, 6.45) is 8.03. The largest absolute Gasteiger partial charge is 0.462 e. The number of allylic oxidation sites excluding steroid dienone is 3. The van der Waals surface area contributed by atoms with Gasteiger partial charge in [-0.05, 0) is 61.2 Å². The minimum atomic E-state index is -1.96. The van der Waals surface area contributed by atoms with Crippen LogP contribution in [0.15, 0.2) is 23.8 Å². The number of hydrogen-bond acceptors (Lipinski definition) is 5. The number of cyclic esters (lactones) is 1. The molecule has 1 aliphatic heterocycles. The first-order chi connectivity index (χ1) is 15.2. The molecule has 33 heavy (non-hydrogen) atoms. The van der Waals surface area contributed by atoms with Crippen molar-refractivity contribution in [3.63, 3.8) is 0 Å². The molecule has 3 aliphatic rings. The SMILES string of the molecule is C[C@H](O)[C@H]1[C@H](O)[C@H]2C(=C[C@@H]1C)C=C[C@H](C)[C@@H]2CC[C@@H]1C[C@@H](O[Si](C)(C)C(C)(C)C)CC(=O)O1. The van der Waals surface area contributed by atoms with Crippen LogP contribution in [0, 0.1) is 29.6 Å². The smallest absolute Gasteiger partial charge is 0.308 e. The lowest BCUT2D eigenvalue weighted by Crippen LogP contribution is -2.48. The summed E-state index contributed by atoms with van der Waals surface area (Å²) in [4.78, 5) is 12.4. The molecule has 6 heteroatoms. The van der Waals surface area contributed by atoms with E-state index in [4.69, 9.17) is 9.16 Å². The molecule has 0 radical (unpaired) electrons. The molecule has 1 saturated heterocycles. The molecule has 0 saturated carbocycles. The van der Waals surface area contributed by atoms with E-state index in [1.54, 1.807) is 6.92 Å². The van der Waals surface area contributed by atoms with E-state index >= 15 is 0 Å². The van der Waals surface area contributed by atoms with Gasteiger partial charge >= 0.3 is 5.97 Å².